The summed E-state index contributed by atoms with van der Waals surface area (Å²) in [4.78, 5) is 0. The van der Waals surface area contributed by atoms with Gasteiger partial charge in [-0.1, -0.05) is 18.2 Å². The van der Waals surface area contributed by atoms with E-state index in [9.17, 15) is 15.3 Å². The topological polar surface area (TPSA) is 126 Å². The van der Waals surface area contributed by atoms with Gasteiger partial charge in [-0.2, -0.15) is 0 Å². The summed E-state index contributed by atoms with van der Waals surface area (Å²) in [6.07, 6.45) is -6.25. The Kier molecular flexibility index (Phi) is 6.03. The zero-order chi connectivity index (χ0) is 16.1. The van der Waals surface area contributed by atoms with E-state index in [-0.39, 0.29) is 5.11 Å². The Balaban J connectivity index is 1.86. The van der Waals surface area contributed by atoms with Crippen LogP contribution in [-0.4, -0.2) is 62.8 Å². The lowest BCUT2D eigenvalue weighted by molar-refractivity contribution is -0.238. The van der Waals surface area contributed by atoms with Gasteiger partial charge in [0, 0.05) is 5.69 Å². The third-order valence-electron chi connectivity index (χ3n) is 3.25. The number of hydrogen-bond donors (Lipinski definition) is 7. The minimum absolute atomic E-state index is 0.225. The molecule has 2 rings (SSSR count). The molecule has 9 heteroatoms. The predicted molar refractivity (Wildman–Crippen MR) is 82.7 cm³/mol. The lowest BCUT2D eigenvalue weighted by atomic mass is 9.99. The normalized spacial score (nSPS) is 31.5. The summed E-state index contributed by atoms with van der Waals surface area (Å²) in [6.45, 7) is -0.490. The molecule has 1 saturated heterocycles. The molecule has 8 nitrogen and oxygen atoms in total. The number of rotatable bonds is 4. The minimum atomic E-state index is -1.44. The second kappa shape index (κ2) is 7.79. The average molecular weight is 329 g/mol. The molecule has 1 aliphatic heterocycles. The fourth-order valence-corrected chi connectivity index (χ4v) is 2.22. The number of hydrogen-bond acceptors (Lipinski definition) is 7. The maximum Gasteiger partial charge on any atom is 0.185 e. The molecule has 0 radical (unpaired) electrons. The summed E-state index contributed by atoms with van der Waals surface area (Å²) in [5.41, 5.74) is 5.99. The van der Waals surface area contributed by atoms with E-state index in [1.807, 2.05) is 30.3 Å². The number of aliphatic hydroxyl groups excluding tert-OH is 4. The smallest absolute Gasteiger partial charge is 0.185 e. The fourth-order valence-electron chi connectivity index (χ4n) is 2.04. The molecule has 7 N–H and O–H groups in total. The zero-order valence-corrected chi connectivity index (χ0v) is 12.4. The van der Waals surface area contributed by atoms with Crippen LogP contribution in [0.5, 0.6) is 0 Å². The number of para-hydroxylation sites is 1. The molecule has 1 aromatic carbocycles. The molecule has 5 atom stereocenters. The van der Waals surface area contributed by atoms with Crippen molar-refractivity contribution in [1.82, 2.24) is 10.9 Å². The van der Waals surface area contributed by atoms with Crippen LogP contribution in [0, 0.1) is 0 Å². The van der Waals surface area contributed by atoms with E-state index in [1.54, 1.807) is 0 Å². The van der Waals surface area contributed by atoms with Crippen LogP contribution in [0.25, 0.3) is 0 Å². The Bertz CT molecular complexity index is 490. The zero-order valence-electron chi connectivity index (χ0n) is 11.6. The second-order valence-corrected chi connectivity index (χ2v) is 5.25. The maximum atomic E-state index is 9.84. The fraction of sp³-hybridized carbons (Fsp3) is 0.462. The number of ether oxygens (including phenoxy) is 1. The van der Waals surface area contributed by atoms with Crippen LogP contribution < -0.4 is 16.2 Å². The van der Waals surface area contributed by atoms with Gasteiger partial charge >= 0.3 is 0 Å². The number of hydrazine groups is 1. The number of anilines is 1. The summed E-state index contributed by atoms with van der Waals surface area (Å²) >= 11 is 5.07. The second-order valence-electron chi connectivity index (χ2n) is 4.84. The van der Waals surface area contributed by atoms with Gasteiger partial charge in [0.25, 0.3) is 0 Å². The van der Waals surface area contributed by atoms with Crippen molar-refractivity contribution in [2.24, 2.45) is 0 Å². The molecule has 1 unspecified atom stereocenters. The van der Waals surface area contributed by atoms with Gasteiger partial charge in [-0.05, 0) is 24.4 Å². The van der Waals surface area contributed by atoms with Crippen LogP contribution in [0.4, 0.5) is 5.69 Å². The van der Waals surface area contributed by atoms with Gasteiger partial charge in [0.2, 0.25) is 0 Å². The first-order valence-electron chi connectivity index (χ1n) is 6.71. The van der Waals surface area contributed by atoms with Crippen LogP contribution in [-0.2, 0) is 4.74 Å². The molecule has 0 saturated carbocycles. The first kappa shape index (κ1) is 17.0. The Labute approximate surface area is 132 Å². The Hall–Kier alpha value is -1.33. The third-order valence-corrected chi connectivity index (χ3v) is 3.46. The highest BCUT2D eigenvalue weighted by molar-refractivity contribution is 7.80. The lowest BCUT2D eigenvalue weighted by Gasteiger charge is -2.40. The van der Waals surface area contributed by atoms with Crippen molar-refractivity contribution in [2.45, 2.75) is 30.6 Å². The van der Waals surface area contributed by atoms with Crippen molar-refractivity contribution in [3.63, 3.8) is 0 Å². The molecule has 1 fully saturated rings. The monoisotopic (exact) mass is 329 g/mol. The quantitative estimate of drug-likeness (QED) is 0.255. The van der Waals surface area contributed by atoms with Crippen LogP contribution in [0.1, 0.15) is 0 Å². The number of benzene rings is 1. The molecular formula is C13H19N3O5S. The van der Waals surface area contributed by atoms with Crippen LogP contribution in [0.15, 0.2) is 30.3 Å². The van der Waals surface area contributed by atoms with E-state index in [4.69, 9.17) is 22.1 Å². The van der Waals surface area contributed by atoms with E-state index < -0.39 is 37.3 Å². The molecule has 0 aliphatic carbocycles. The molecule has 0 aromatic heterocycles. The highest BCUT2D eigenvalue weighted by Gasteiger charge is 2.43. The van der Waals surface area contributed by atoms with Gasteiger partial charge in [-0.15, -0.1) is 0 Å². The SMILES string of the molecule is OC[C@H]1OC(NNC(=S)Nc2ccccc2)[C@H](O)[C@@H](O)[C@@H]1O. The minimum Gasteiger partial charge on any atom is -0.394 e. The molecule has 0 spiro atoms. The molecule has 1 aromatic rings. The van der Waals surface area contributed by atoms with Crippen LogP contribution >= 0.6 is 12.2 Å². The largest absolute Gasteiger partial charge is 0.394 e. The summed E-state index contributed by atoms with van der Waals surface area (Å²) in [5.74, 6) is 0. The highest BCUT2D eigenvalue weighted by atomic mass is 32.1. The van der Waals surface area contributed by atoms with E-state index in [2.05, 4.69) is 16.2 Å². The van der Waals surface area contributed by atoms with Crippen molar-refractivity contribution in [1.29, 1.82) is 0 Å². The highest BCUT2D eigenvalue weighted by Crippen LogP contribution is 2.19. The van der Waals surface area contributed by atoms with Crippen molar-refractivity contribution >= 4 is 23.0 Å². The summed E-state index contributed by atoms with van der Waals surface area (Å²) in [6, 6.07) is 9.20. The molecule has 122 valence electrons. The van der Waals surface area contributed by atoms with Crippen LogP contribution in [0.2, 0.25) is 0 Å². The van der Waals surface area contributed by atoms with E-state index in [0.29, 0.717) is 0 Å². The van der Waals surface area contributed by atoms with Gasteiger partial charge in [0.05, 0.1) is 6.61 Å². The Morgan fingerprint density at radius 1 is 1.09 bits per heavy atom. The molecular weight excluding hydrogens is 310 g/mol. The van der Waals surface area contributed by atoms with E-state index in [1.165, 1.54) is 0 Å². The first-order valence-corrected chi connectivity index (χ1v) is 7.12. The number of nitrogens with one attached hydrogen (secondary N) is 3. The molecule has 1 heterocycles. The van der Waals surface area contributed by atoms with Gasteiger partial charge < -0.3 is 30.5 Å². The van der Waals surface area contributed by atoms with Crippen molar-refractivity contribution in [3.8, 4) is 0 Å². The van der Waals surface area contributed by atoms with Gasteiger partial charge in [0.1, 0.15) is 24.4 Å². The molecule has 1 aliphatic rings. The number of thiocarbonyl (C=S) groups is 1. The summed E-state index contributed by atoms with van der Waals surface area (Å²) < 4.78 is 5.26. The molecule has 0 amide bonds. The van der Waals surface area contributed by atoms with Crippen molar-refractivity contribution in [2.75, 3.05) is 11.9 Å². The Morgan fingerprint density at radius 3 is 2.41 bits per heavy atom. The lowest BCUT2D eigenvalue weighted by Crippen LogP contribution is -2.65. The van der Waals surface area contributed by atoms with Gasteiger partial charge in [-0.25, -0.2) is 5.43 Å². The number of aliphatic hydroxyl groups is 4. The molecule has 22 heavy (non-hydrogen) atoms. The summed E-state index contributed by atoms with van der Waals surface area (Å²) in [7, 11) is 0. The van der Waals surface area contributed by atoms with E-state index >= 15 is 0 Å². The van der Waals surface area contributed by atoms with Gasteiger partial charge in [-0.3, -0.25) is 5.43 Å². The predicted octanol–water partition coefficient (Wildman–Crippen LogP) is -1.72. The molecule has 0 bridgehead atoms. The maximum absolute atomic E-state index is 9.84. The standard InChI is InChI=1S/C13H19N3O5S/c17-6-8-9(18)10(19)11(20)12(21-8)15-16-13(22)14-7-4-2-1-3-5-7/h1-5,8-12,15,17-20H,6H2,(H2,14,16,22)/t8-,9-,10+,11-,12?/m1/s1. The van der Waals surface area contributed by atoms with Crippen LogP contribution in [0.3, 0.4) is 0 Å². The average Bonchev–Trinajstić information content (AvgIpc) is 2.53. The first-order chi connectivity index (χ1) is 10.5. The van der Waals surface area contributed by atoms with E-state index in [0.717, 1.165) is 5.69 Å². The third kappa shape index (κ3) is 4.11. The Morgan fingerprint density at radius 2 is 1.77 bits per heavy atom. The van der Waals surface area contributed by atoms with Crippen molar-refractivity contribution in [3.05, 3.63) is 30.3 Å². The van der Waals surface area contributed by atoms with Gasteiger partial charge in [0.15, 0.2) is 11.3 Å². The summed E-state index contributed by atoms with van der Waals surface area (Å²) in [5, 5.41) is 41.4. The van der Waals surface area contributed by atoms with Crippen molar-refractivity contribution < 1.29 is 25.2 Å².